The summed E-state index contributed by atoms with van der Waals surface area (Å²) in [5, 5.41) is 16.4. The summed E-state index contributed by atoms with van der Waals surface area (Å²) in [7, 11) is 0. The number of phenols is 1. The van der Waals surface area contributed by atoms with Crippen molar-refractivity contribution < 1.29 is 24.1 Å². The van der Waals surface area contributed by atoms with E-state index >= 15 is 0 Å². The number of nitrogens with one attached hydrogen (secondary N) is 1. The number of nitrogens with zero attached hydrogens (tertiary/aromatic N) is 1. The zero-order chi connectivity index (χ0) is 15.4. The Morgan fingerprint density at radius 1 is 1.36 bits per heavy atom. The van der Waals surface area contributed by atoms with Crippen molar-refractivity contribution in [2.45, 2.75) is 12.7 Å². The van der Waals surface area contributed by atoms with Gasteiger partial charge in [0.05, 0.1) is 25.5 Å². The van der Waals surface area contributed by atoms with E-state index in [1.807, 2.05) is 0 Å². The molecule has 2 heterocycles. The molecule has 0 saturated carbocycles. The van der Waals surface area contributed by atoms with Crippen LogP contribution in [-0.2, 0) is 14.2 Å². The molecule has 0 radical (unpaired) electrons. The Hall–Kier alpha value is -2.38. The number of hydrogen-bond acceptors (Lipinski definition) is 6. The van der Waals surface area contributed by atoms with Gasteiger partial charge in [0.25, 0.3) is 0 Å². The minimum atomic E-state index is -0.507. The molecule has 1 fully saturated rings. The van der Waals surface area contributed by atoms with Gasteiger partial charge in [0.15, 0.2) is 6.29 Å². The summed E-state index contributed by atoms with van der Waals surface area (Å²) in [6.45, 7) is 1.35. The molecule has 0 amide bonds. The Kier molecular flexibility index (Phi) is 4.36. The van der Waals surface area contributed by atoms with Gasteiger partial charge in [-0.3, -0.25) is 5.10 Å². The van der Waals surface area contributed by atoms with E-state index in [4.69, 9.17) is 14.2 Å². The quantitative estimate of drug-likeness (QED) is 0.817. The molecular formula is C15H16N2O5. The lowest BCUT2D eigenvalue weighted by Gasteiger charge is -2.08. The third-order valence-corrected chi connectivity index (χ3v) is 3.26. The summed E-state index contributed by atoms with van der Waals surface area (Å²) in [4.78, 5) is 11.9. The van der Waals surface area contributed by atoms with E-state index in [-0.39, 0.29) is 24.3 Å². The molecule has 1 aromatic heterocycles. The first kappa shape index (κ1) is 14.6. The Labute approximate surface area is 126 Å². The fourth-order valence-electron chi connectivity index (χ4n) is 2.15. The number of rotatable bonds is 5. The summed E-state index contributed by atoms with van der Waals surface area (Å²) < 4.78 is 15.6. The average Bonchev–Trinajstić information content (AvgIpc) is 3.19. The van der Waals surface area contributed by atoms with E-state index < -0.39 is 5.97 Å². The lowest BCUT2D eigenvalue weighted by atomic mass is 10.1. The topological polar surface area (TPSA) is 93.7 Å². The molecule has 2 N–H and O–H groups in total. The molecule has 7 nitrogen and oxygen atoms in total. The van der Waals surface area contributed by atoms with Crippen molar-refractivity contribution in [1.82, 2.24) is 10.2 Å². The molecule has 0 aliphatic carbocycles. The Bertz CT molecular complexity index is 649. The number of hydrogen-bond donors (Lipinski definition) is 2. The fourth-order valence-corrected chi connectivity index (χ4v) is 2.15. The predicted octanol–water partition coefficient (Wildman–Crippen LogP) is 1.70. The number of aromatic amines is 1. The molecule has 0 spiro atoms. The van der Waals surface area contributed by atoms with E-state index in [0.717, 1.165) is 0 Å². The van der Waals surface area contributed by atoms with E-state index in [9.17, 15) is 9.90 Å². The van der Waals surface area contributed by atoms with Gasteiger partial charge in [-0.2, -0.15) is 5.10 Å². The first-order valence-corrected chi connectivity index (χ1v) is 6.98. The van der Waals surface area contributed by atoms with Crippen LogP contribution in [-0.4, -0.2) is 47.4 Å². The van der Waals surface area contributed by atoms with Crippen LogP contribution in [0.25, 0.3) is 11.3 Å². The number of para-hydroxylation sites is 1. The van der Waals surface area contributed by atoms with Crippen LogP contribution in [0.1, 0.15) is 16.9 Å². The van der Waals surface area contributed by atoms with Crippen LogP contribution in [0.4, 0.5) is 0 Å². The van der Waals surface area contributed by atoms with Crippen molar-refractivity contribution in [3.63, 3.8) is 0 Å². The smallest absolute Gasteiger partial charge is 0.356 e. The number of H-pyrrole nitrogens is 1. The molecule has 116 valence electrons. The summed E-state index contributed by atoms with van der Waals surface area (Å²) in [6.07, 6.45) is 0.193. The molecule has 0 unspecified atom stereocenters. The van der Waals surface area contributed by atoms with Crippen molar-refractivity contribution in [3.8, 4) is 17.0 Å². The van der Waals surface area contributed by atoms with Crippen LogP contribution in [0.3, 0.4) is 0 Å². The molecule has 22 heavy (non-hydrogen) atoms. The second-order valence-electron chi connectivity index (χ2n) is 4.78. The number of carbonyl (C=O) groups excluding carboxylic acids is 1. The van der Waals surface area contributed by atoms with E-state index in [1.54, 1.807) is 30.3 Å². The molecule has 1 aliphatic rings. The van der Waals surface area contributed by atoms with Gasteiger partial charge in [-0.25, -0.2) is 4.79 Å². The highest BCUT2D eigenvalue weighted by Gasteiger charge is 2.18. The first-order valence-electron chi connectivity index (χ1n) is 6.98. The van der Waals surface area contributed by atoms with Crippen molar-refractivity contribution in [2.75, 3.05) is 19.8 Å². The van der Waals surface area contributed by atoms with Crippen LogP contribution in [0.2, 0.25) is 0 Å². The lowest BCUT2D eigenvalue weighted by molar-refractivity contribution is -0.0573. The summed E-state index contributed by atoms with van der Waals surface area (Å²) in [5.74, 6) is -0.406. The van der Waals surface area contributed by atoms with Crippen LogP contribution in [0.5, 0.6) is 5.75 Å². The zero-order valence-electron chi connectivity index (χ0n) is 11.8. The highest BCUT2D eigenvalue weighted by Crippen LogP contribution is 2.27. The minimum Gasteiger partial charge on any atom is -0.507 e. The van der Waals surface area contributed by atoms with E-state index in [2.05, 4.69) is 10.2 Å². The second-order valence-corrected chi connectivity index (χ2v) is 4.78. The summed E-state index contributed by atoms with van der Waals surface area (Å²) in [5.41, 5.74) is 1.25. The maximum atomic E-state index is 11.9. The third-order valence-electron chi connectivity index (χ3n) is 3.26. The normalized spacial score (nSPS) is 15.1. The van der Waals surface area contributed by atoms with Gasteiger partial charge in [0.1, 0.15) is 11.4 Å². The van der Waals surface area contributed by atoms with Crippen molar-refractivity contribution in [3.05, 3.63) is 36.0 Å². The highest BCUT2D eigenvalue weighted by molar-refractivity contribution is 5.88. The maximum Gasteiger partial charge on any atom is 0.356 e. The van der Waals surface area contributed by atoms with Crippen molar-refractivity contribution >= 4 is 5.97 Å². The molecule has 2 aromatic rings. The van der Waals surface area contributed by atoms with Gasteiger partial charge >= 0.3 is 5.97 Å². The monoisotopic (exact) mass is 304 g/mol. The summed E-state index contributed by atoms with van der Waals surface area (Å²) in [6, 6.07) is 8.32. The standard InChI is InChI=1S/C15H16N2O5/c18-13-4-2-1-3-10(13)11-9-12(17-16-11)15(19)22-6-5-14-20-7-8-21-14/h1-4,9,14,18H,5-8H2,(H,16,17). The van der Waals surface area contributed by atoms with Crippen LogP contribution in [0, 0.1) is 0 Å². The van der Waals surface area contributed by atoms with Gasteiger partial charge < -0.3 is 19.3 Å². The van der Waals surface area contributed by atoms with Crippen LogP contribution >= 0.6 is 0 Å². The van der Waals surface area contributed by atoms with Gasteiger partial charge in [-0.15, -0.1) is 0 Å². The lowest BCUT2D eigenvalue weighted by Crippen LogP contribution is -2.14. The third kappa shape index (κ3) is 3.26. The molecule has 7 heteroatoms. The molecule has 0 atom stereocenters. The number of ether oxygens (including phenoxy) is 3. The van der Waals surface area contributed by atoms with Crippen molar-refractivity contribution in [2.24, 2.45) is 0 Å². The van der Waals surface area contributed by atoms with Gasteiger partial charge in [0, 0.05) is 12.0 Å². The Morgan fingerprint density at radius 2 is 2.14 bits per heavy atom. The number of esters is 1. The first-order chi connectivity index (χ1) is 10.7. The van der Waals surface area contributed by atoms with Gasteiger partial charge in [-0.1, -0.05) is 12.1 Å². The molecule has 1 aliphatic heterocycles. The molecule has 0 bridgehead atoms. The SMILES string of the molecule is O=C(OCCC1OCCO1)c1cc(-c2ccccc2O)n[nH]1. The number of aromatic hydroxyl groups is 1. The summed E-state index contributed by atoms with van der Waals surface area (Å²) >= 11 is 0. The van der Waals surface area contributed by atoms with E-state index in [0.29, 0.717) is 30.9 Å². The maximum absolute atomic E-state index is 11.9. The van der Waals surface area contributed by atoms with Crippen molar-refractivity contribution in [1.29, 1.82) is 0 Å². The Balaban J connectivity index is 1.58. The Morgan fingerprint density at radius 3 is 2.91 bits per heavy atom. The minimum absolute atomic E-state index is 0.101. The largest absolute Gasteiger partial charge is 0.507 e. The number of aromatic nitrogens is 2. The molecular weight excluding hydrogens is 288 g/mol. The zero-order valence-corrected chi connectivity index (χ0v) is 11.8. The number of phenolic OH excluding ortho intramolecular Hbond substituents is 1. The molecule has 1 aromatic carbocycles. The van der Waals surface area contributed by atoms with Gasteiger partial charge in [0.2, 0.25) is 0 Å². The fraction of sp³-hybridized carbons (Fsp3) is 0.333. The van der Waals surface area contributed by atoms with Crippen LogP contribution in [0.15, 0.2) is 30.3 Å². The second kappa shape index (κ2) is 6.59. The van der Waals surface area contributed by atoms with E-state index in [1.165, 1.54) is 0 Å². The molecule has 3 rings (SSSR count). The van der Waals surface area contributed by atoms with Crippen LogP contribution < -0.4 is 0 Å². The molecule has 1 saturated heterocycles. The predicted molar refractivity (Wildman–Crippen MR) is 76.3 cm³/mol. The highest BCUT2D eigenvalue weighted by atomic mass is 16.7. The average molecular weight is 304 g/mol. The number of carbonyl (C=O) groups is 1. The van der Waals surface area contributed by atoms with Gasteiger partial charge in [-0.05, 0) is 18.2 Å². The number of benzene rings is 1.